The average molecular weight is 405 g/mol. The standard InChI is InChI=1S/C24H21ClN2O2/c1-13-7-14(2)9-17(8-13)24-27-20-11-18(5-6-22(20)29-24)26-12-19-16(4)23(25)15(3)10-21(19)28/h5-12,28H,1-4H3. The third kappa shape index (κ3) is 3.76. The molecule has 0 saturated heterocycles. The Morgan fingerprint density at radius 1 is 1.00 bits per heavy atom. The normalized spacial score (nSPS) is 11.6. The molecule has 1 aromatic heterocycles. The molecule has 0 aliphatic heterocycles. The summed E-state index contributed by atoms with van der Waals surface area (Å²) in [6.45, 7) is 7.84. The SMILES string of the molecule is Cc1cc(C)cc(-c2nc3cc(N=Cc4c(O)cc(C)c(Cl)c4C)ccc3o2)c1. The molecule has 0 fully saturated rings. The molecule has 0 amide bonds. The van der Waals surface area contributed by atoms with Gasteiger partial charge in [0.25, 0.3) is 0 Å². The van der Waals surface area contributed by atoms with Gasteiger partial charge in [0.1, 0.15) is 11.3 Å². The van der Waals surface area contributed by atoms with Gasteiger partial charge in [-0.25, -0.2) is 4.98 Å². The third-order valence-electron chi connectivity index (χ3n) is 4.89. The molecule has 5 heteroatoms. The van der Waals surface area contributed by atoms with E-state index in [1.165, 1.54) is 11.1 Å². The molecule has 0 atom stereocenters. The van der Waals surface area contributed by atoms with Crippen LogP contribution in [0.2, 0.25) is 5.02 Å². The maximum absolute atomic E-state index is 10.2. The van der Waals surface area contributed by atoms with Crippen LogP contribution >= 0.6 is 11.6 Å². The summed E-state index contributed by atoms with van der Waals surface area (Å²) < 4.78 is 5.93. The highest BCUT2D eigenvalue weighted by atomic mass is 35.5. The topological polar surface area (TPSA) is 58.6 Å². The van der Waals surface area contributed by atoms with E-state index in [-0.39, 0.29) is 5.75 Å². The van der Waals surface area contributed by atoms with Crippen LogP contribution < -0.4 is 0 Å². The second-order valence-corrected chi connectivity index (χ2v) is 7.75. The predicted molar refractivity (Wildman–Crippen MR) is 119 cm³/mol. The largest absolute Gasteiger partial charge is 0.507 e. The van der Waals surface area contributed by atoms with Crippen molar-refractivity contribution in [3.05, 3.63) is 75.3 Å². The van der Waals surface area contributed by atoms with Crippen LogP contribution in [0.25, 0.3) is 22.6 Å². The van der Waals surface area contributed by atoms with Gasteiger partial charge in [-0.15, -0.1) is 0 Å². The second-order valence-electron chi connectivity index (χ2n) is 7.37. The van der Waals surface area contributed by atoms with Crippen LogP contribution in [0, 0.1) is 27.7 Å². The van der Waals surface area contributed by atoms with Gasteiger partial charge in [0, 0.05) is 22.4 Å². The first kappa shape index (κ1) is 19.2. The van der Waals surface area contributed by atoms with Crippen LogP contribution in [0.3, 0.4) is 0 Å². The van der Waals surface area contributed by atoms with Crippen LogP contribution in [-0.4, -0.2) is 16.3 Å². The third-order valence-corrected chi connectivity index (χ3v) is 5.47. The summed E-state index contributed by atoms with van der Waals surface area (Å²) in [5.74, 6) is 0.750. The van der Waals surface area contributed by atoms with Crippen molar-refractivity contribution >= 4 is 34.6 Å². The Labute approximate surface area is 174 Å². The summed E-state index contributed by atoms with van der Waals surface area (Å²) in [7, 11) is 0. The molecule has 0 saturated carbocycles. The number of aryl methyl sites for hydroxylation is 3. The molecule has 0 bridgehead atoms. The van der Waals surface area contributed by atoms with Crippen molar-refractivity contribution < 1.29 is 9.52 Å². The fraction of sp³-hybridized carbons (Fsp3) is 0.167. The molecule has 4 rings (SSSR count). The predicted octanol–water partition coefficient (Wildman–Crippen LogP) is 6.84. The number of benzene rings is 3. The highest BCUT2D eigenvalue weighted by Gasteiger charge is 2.11. The van der Waals surface area contributed by atoms with E-state index in [0.29, 0.717) is 27.7 Å². The van der Waals surface area contributed by atoms with E-state index < -0.39 is 0 Å². The van der Waals surface area contributed by atoms with Crippen molar-refractivity contribution in [1.82, 2.24) is 4.98 Å². The number of nitrogens with zero attached hydrogens (tertiary/aromatic N) is 2. The molecule has 146 valence electrons. The first-order valence-electron chi connectivity index (χ1n) is 9.34. The van der Waals surface area contributed by atoms with E-state index in [1.54, 1.807) is 12.3 Å². The summed E-state index contributed by atoms with van der Waals surface area (Å²) in [4.78, 5) is 9.13. The summed E-state index contributed by atoms with van der Waals surface area (Å²) in [5, 5.41) is 10.9. The summed E-state index contributed by atoms with van der Waals surface area (Å²) in [5.41, 5.74) is 7.68. The number of fused-ring (bicyclic) bond motifs is 1. The minimum Gasteiger partial charge on any atom is -0.507 e. The molecule has 0 unspecified atom stereocenters. The van der Waals surface area contributed by atoms with Crippen LogP contribution in [0.4, 0.5) is 5.69 Å². The van der Waals surface area contributed by atoms with Gasteiger partial charge >= 0.3 is 0 Å². The fourth-order valence-electron chi connectivity index (χ4n) is 3.47. The lowest BCUT2D eigenvalue weighted by Gasteiger charge is -2.08. The Hall–Kier alpha value is -3.11. The van der Waals surface area contributed by atoms with Crippen LogP contribution in [0.5, 0.6) is 5.75 Å². The Morgan fingerprint density at radius 3 is 2.45 bits per heavy atom. The van der Waals surface area contributed by atoms with Gasteiger partial charge < -0.3 is 9.52 Å². The first-order chi connectivity index (χ1) is 13.8. The lowest BCUT2D eigenvalue weighted by molar-refractivity contribution is 0.473. The number of rotatable bonds is 3. The molecule has 0 spiro atoms. The number of phenols is 1. The summed E-state index contributed by atoms with van der Waals surface area (Å²) >= 11 is 6.30. The van der Waals surface area contributed by atoms with Crippen LogP contribution in [-0.2, 0) is 0 Å². The highest BCUT2D eigenvalue weighted by molar-refractivity contribution is 6.32. The van der Waals surface area contributed by atoms with E-state index in [0.717, 1.165) is 22.2 Å². The molecule has 0 aliphatic carbocycles. The zero-order valence-corrected chi connectivity index (χ0v) is 17.5. The minimum atomic E-state index is 0.160. The van der Waals surface area contributed by atoms with E-state index in [1.807, 2.05) is 32.0 Å². The number of oxazole rings is 1. The van der Waals surface area contributed by atoms with Gasteiger partial charge in [0.15, 0.2) is 5.58 Å². The van der Waals surface area contributed by atoms with Gasteiger partial charge in [0.2, 0.25) is 5.89 Å². The molecular formula is C24H21ClN2O2. The van der Waals surface area contributed by atoms with Crippen molar-refractivity contribution in [2.24, 2.45) is 4.99 Å². The number of hydrogen-bond donors (Lipinski definition) is 1. The van der Waals surface area contributed by atoms with Crippen molar-refractivity contribution in [3.8, 4) is 17.2 Å². The number of hydrogen-bond acceptors (Lipinski definition) is 4. The summed E-state index contributed by atoms with van der Waals surface area (Å²) in [6.07, 6.45) is 1.63. The second kappa shape index (κ2) is 7.37. The molecule has 3 aromatic carbocycles. The first-order valence-corrected chi connectivity index (χ1v) is 9.71. The van der Waals surface area contributed by atoms with Gasteiger partial charge in [-0.1, -0.05) is 28.8 Å². The Kier molecular flexibility index (Phi) is 4.89. The maximum atomic E-state index is 10.2. The average Bonchev–Trinajstić information content (AvgIpc) is 3.09. The smallest absolute Gasteiger partial charge is 0.227 e. The lowest BCUT2D eigenvalue weighted by Crippen LogP contribution is -1.92. The fourth-order valence-corrected chi connectivity index (χ4v) is 3.63. The van der Waals surface area contributed by atoms with E-state index in [9.17, 15) is 5.11 Å². The number of phenolic OH excluding ortho intramolecular Hbond substituents is 1. The number of aromatic hydroxyl groups is 1. The quantitative estimate of drug-likeness (QED) is 0.380. The van der Waals surface area contributed by atoms with Crippen molar-refractivity contribution in [2.75, 3.05) is 0 Å². The number of aromatic nitrogens is 1. The molecular weight excluding hydrogens is 384 g/mol. The molecule has 0 radical (unpaired) electrons. The van der Waals surface area contributed by atoms with Crippen LogP contribution in [0.15, 0.2) is 51.9 Å². The van der Waals surface area contributed by atoms with Crippen LogP contribution in [0.1, 0.15) is 27.8 Å². The molecule has 0 aliphatic rings. The lowest BCUT2D eigenvalue weighted by atomic mass is 10.0. The van der Waals surface area contributed by atoms with Gasteiger partial charge in [0.05, 0.1) is 5.69 Å². The molecule has 4 aromatic rings. The van der Waals surface area contributed by atoms with Crippen molar-refractivity contribution in [3.63, 3.8) is 0 Å². The van der Waals surface area contributed by atoms with Gasteiger partial charge in [-0.05, 0) is 75.2 Å². The van der Waals surface area contributed by atoms with E-state index in [2.05, 4.69) is 42.0 Å². The molecule has 1 N–H and O–H groups in total. The maximum Gasteiger partial charge on any atom is 0.227 e. The molecule has 1 heterocycles. The Morgan fingerprint density at radius 2 is 1.72 bits per heavy atom. The molecule has 4 nitrogen and oxygen atoms in total. The monoisotopic (exact) mass is 404 g/mol. The van der Waals surface area contributed by atoms with Crippen molar-refractivity contribution in [2.45, 2.75) is 27.7 Å². The Balaban J connectivity index is 1.70. The zero-order chi connectivity index (χ0) is 20.7. The molecule has 29 heavy (non-hydrogen) atoms. The van der Waals surface area contributed by atoms with Gasteiger partial charge in [-0.3, -0.25) is 4.99 Å². The van der Waals surface area contributed by atoms with E-state index in [4.69, 9.17) is 16.0 Å². The van der Waals surface area contributed by atoms with Crippen molar-refractivity contribution in [1.29, 1.82) is 0 Å². The number of aliphatic imine (C=N–C) groups is 1. The highest BCUT2D eigenvalue weighted by Crippen LogP contribution is 2.31. The van der Waals surface area contributed by atoms with E-state index >= 15 is 0 Å². The zero-order valence-electron chi connectivity index (χ0n) is 16.7. The van der Waals surface area contributed by atoms with Gasteiger partial charge in [-0.2, -0.15) is 0 Å². The number of halogens is 1. The Bertz CT molecular complexity index is 1250. The summed E-state index contributed by atoms with van der Waals surface area (Å²) in [6, 6.07) is 13.5. The minimum absolute atomic E-state index is 0.160.